The molecule has 0 spiro atoms. The molecule has 2 atom stereocenters. The molecule has 0 radical (unpaired) electrons. The standard InChI is InChI=1S/C24H20F3N7O2/c1-35-22-18(11-29-23(31-22)36-2)19-9-17(21-28-5-6-33(21)32-19)16-8-15(16)13-3-4-14-10-30-34(20(14)7-13)12-24(25,26)27/h3-7,9-11,15-16H,8,12H2,1-2H3/t15-,16+/m1/s1. The molecule has 4 aromatic heterocycles. The molecule has 0 amide bonds. The lowest BCUT2D eigenvalue weighted by Gasteiger charge is -2.11. The van der Waals surface area contributed by atoms with Gasteiger partial charge in [0.1, 0.15) is 6.54 Å². The molecule has 0 N–H and O–H groups in total. The summed E-state index contributed by atoms with van der Waals surface area (Å²) < 4.78 is 52.2. The number of fused-ring (bicyclic) bond motifs is 2. The van der Waals surface area contributed by atoms with E-state index in [0.717, 1.165) is 27.9 Å². The lowest BCUT2D eigenvalue weighted by molar-refractivity contribution is -0.141. The smallest absolute Gasteiger partial charge is 0.408 e. The van der Waals surface area contributed by atoms with E-state index < -0.39 is 12.7 Å². The summed E-state index contributed by atoms with van der Waals surface area (Å²) in [5.74, 6) is 0.585. The van der Waals surface area contributed by atoms with Gasteiger partial charge >= 0.3 is 12.2 Å². The van der Waals surface area contributed by atoms with Gasteiger partial charge in [-0.3, -0.25) is 4.68 Å². The Morgan fingerprint density at radius 3 is 2.69 bits per heavy atom. The summed E-state index contributed by atoms with van der Waals surface area (Å²) in [6.45, 7) is -1.12. The van der Waals surface area contributed by atoms with Crippen molar-refractivity contribution >= 4 is 16.6 Å². The number of nitrogens with zero attached hydrogens (tertiary/aromatic N) is 7. The second kappa shape index (κ2) is 8.18. The fraction of sp³-hybridized carbons (Fsp3) is 0.292. The minimum atomic E-state index is -4.34. The maximum Gasteiger partial charge on any atom is 0.408 e. The van der Waals surface area contributed by atoms with Crippen molar-refractivity contribution < 1.29 is 22.6 Å². The van der Waals surface area contributed by atoms with Gasteiger partial charge in [0.2, 0.25) is 5.88 Å². The molecule has 1 saturated carbocycles. The van der Waals surface area contributed by atoms with Crippen molar-refractivity contribution in [1.82, 2.24) is 34.3 Å². The molecule has 12 heteroatoms. The number of aromatic nitrogens is 7. The number of benzene rings is 1. The minimum Gasteiger partial charge on any atom is -0.480 e. The number of ether oxygens (including phenoxy) is 2. The maximum atomic E-state index is 13.0. The average Bonchev–Trinajstić information content (AvgIpc) is 3.35. The zero-order chi connectivity index (χ0) is 25.0. The molecule has 0 saturated heterocycles. The van der Waals surface area contributed by atoms with Crippen LogP contribution in [0.5, 0.6) is 11.9 Å². The van der Waals surface area contributed by atoms with Crippen LogP contribution in [0.3, 0.4) is 0 Å². The molecule has 5 aromatic rings. The molecule has 0 aliphatic heterocycles. The molecule has 4 heterocycles. The molecule has 36 heavy (non-hydrogen) atoms. The molecule has 0 unspecified atom stereocenters. The van der Waals surface area contributed by atoms with Crippen molar-refractivity contribution in [1.29, 1.82) is 0 Å². The summed E-state index contributed by atoms with van der Waals surface area (Å²) in [5, 5.41) is 9.26. The lowest BCUT2D eigenvalue weighted by Crippen LogP contribution is -2.18. The number of hydrogen-bond donors (Lipinski definition) is 0. The van der Waals surface area contributed by atoms with E-state index in [0.29, 0.717) is 28.0 Å². The van der Waals surface area contributed by atoms with Crippen molar-refractivity contribution in [2.75, 3.05) is 14.2 Å². The van der Waals surface area contributed by atoms with E-state index in [9.17, 15) is 13.2 Å². The van der Waals surface area contributed by atoms with Crippen molar-refractivity contribution in [3.8, 4) is 23.1 Å². The Balaban J connectivity index is 1.37. The van der Waals surface area contributed by atoms with Crippen LogP contribution in [-0.2, 0) is 6.54 Å². The van der Waals surface area contributed by atoms with Gasteiger partial charge in [-0.25, -0.2) is 14.5 Å². The predicted molar refractivity (Wildman–Crippen MR) is 123 cm³/mol. The Kier molecular flexibility index (Phi) is 5.06. The van der Waals surface area contributed by atoms with Crippen LogP contribution in [0.15, 0.2) is 49.1 Å². The Morgan fingerprint density at radius 1 is 1.06 bits per heavy atom. The zero-order valence-electron chi connectivity index (χ0n) is 19.3. The molecule has 1 fully saturated rings. The summed E-state index contributed by atoms with van der Waals surface area (Å²) in [7, 11) is 2.99. The van der Waals surface area contributed by atoms with Crippen LogP contribution in [0.2, 0.25) is 0 Å². The lowest BCUT2D eigenvalue weighted by atomic mass is 10.0. The minimum absolute atomic E-state index is 0.123. The SMILES string of the molecule is COc1ncc(-c2cc([C@H]3C[C@@H]3c3ccc4cnn(CC(F)(F)F)c4c3)c3nccn3n2)c(OC)n1. The zero-order valence-corrected chi connectivity index (χ0v) is 19.3. The molecule has 9 nitrogen and oxygen atoms in total. The number of methoxy groups -OCH3 is 2. The molecule has 6 rings (SSSR count). The molecular formula is C24H20F3N7O2. The van der Waals surface area contributed by atoms with Crippen molar-refractivity contribution in [3.05, 3.63) is 60.2 Å². The summed E-state index contributed by atoms with van der Waals surface area (Å²) >= 11 is 0. The van der Waals surface area contributed by atoms with Crippen LogP contribution < -0.4 is 9.47 Å². The predicted octanol–water partition coefficient (Wildman–Crippen LogP) is 4.39. The first-order chi connectivity index (χ1) is 17.3. The molecule has 0 bridgehead atoms. The van der Waals surface area contributed by atoms with Gasteiger partial charge < -0.3 is 9.47 Å². The number of halogens is 3. The van der Waals surface area contributed by atoms with Crippen molar-refractivity contribution in [3.63, 3.8) is 0 Å². The largest absolute Gasteiger partial charge is 0.480 e. The van der Waals surface area contributed by atoms with Gasteiger partial charge in [-0.1, -0.05) is 12.1 Å². The van der Waals surface area contributed by atoms with E-state index in [4.69, 9.17) is 9.47 Å². The fourth-order valence-electron chi connectivity index (χ4n) is 4.65. The summed E-state index contributed by atoms with van der Waals surface area (Å²) in [6.07, 6.45) is 2.99. The Labute approximate surface area is 202 Å². The quantitative estimate of drug-likeness (QED) is 0.345. The number of hydrogen-bond acceptors (Lipinski definition) is 7. The monoisotopic (exact) mass is 495 g/mol. The van der Waals surface area contributed by atoms with Crippen molar-refractivity contribution in [2.24, 2.45) is 0 Å². The fourth-order valence-corrected chi connectivity index (χ4v) is 4.65. The van der Waals surface area contributed by atoms with E-state index in [-0.39, 0.29) is 17.8 Å². The van der Waals surface area contributed by atoms with Crippen LogP contribution >= 0.6 is 0 Å². The van der Waals surface area contributed by atoms with Crippen LogP contribution in [0, 0.1) is 0 Å². The Hall–Kier alpha value is -4.22. The summed E-state index contributed by atoms with van der Waals surface area (Å²) in [6, 6.07) is 7.72. The van der Waals surface area contributed by atoms with Crippen LogP contribution in [0.1, 0.15) is 29.4 Å². The second-order valence-corrected chi connectivity index (χ2v) is 8.64. The molecule has 1 aliphatic carbocycles. The normalized spacial score (nSPS) is 17.6. The van der Waals surface area contributed by atoms with Crippen LogP contribution in [-0.4, -0.2) is 54.7 Å². The molecule has 1 aliphatic rings. The third-order valence-electron chi connectivity index (χ3n) is 6.39. The first-order valence-corrected chi connectivity index (χ1v) is 11.2. The number of alkyl halides is 3. The highest BCUT2D eigenvalue weighted by atomic mass is 19.4. The Bertz CT molecular complexity index is 1590. The number of rotatable bonds is 6. The van der Waals surface area contributed by atoms with E-state index >= 15 is 0 Å². The van der Waals surface area contributed by atoms with E-state index in [1.807, 2.05) is 24.3 Å². The first-order valence-electron chi connectivity index (χ1n) is 11.2. The topological polar surface area (TPSA) is 92.3 Å². The highest BCUT2D eigenvalue weighted by Crippen LogP contribution is 2.56. The van der Waals surface area contributed by atoms with Crippen LogP contribution in [0.4, 0.5) is 13.2 Å². The van der Waals surface area contributed by atoms with E-state index in [1.54, 1.807) is 23.1 Å². The van der Waals surface area contributed by atoms with E-state index in [1.165, 1.54) is 20.4 Å². The van der Waals surface area contributed by atoms with Gasteiger partial charge in [0.25, 0.3) is 0 Å². The third kappa shape index (κ3) is 3.88. The summed E-state index contributed by atoms with van der Waals surface area (Å²) in [4.78, 5) is 12.9. The second-order valence-electron chi connectivity index (χ2n) is 8.64. The van der Waals surface area contributed by atoms with Gasteiger partial charge in [0.05, 0.1) is 37.2 Å². The molecule has 1 aromatic carbocycles. The number of imidazole rings is 1. The summed E-state index contributed by atoms with van der Waals surface area (Å²) in [5.41, 5.74) is 4.35. The molecular weight excluding hydrogens is 475 g/mol. The van der Waals surface area contributed by atoms with Gasteiger partial charge in [-0.05, 0) is 36.0 Å². The van der Waals surface area contributed by atoms with Crippen molar-refractivity contribution in [2.45, 2.75) is 31.0 Å². The van der Waals surface area contributed by atoms with Crippen LogP contribution in [0.25, 0.3) is 27.8 Å². The highest BCUT2D eigenvalue weighted by Gasteiger charge is 2.42. The maximum absolute atomic E-state index is 13.0. The van der Waals surface area contributed by atoms with E-state index in [2.05, 4.69) is 25.1 Å². The van der Waals surface area contributed by atoms with Gasteiger partial charge in [-0.2, -0.15) is 28.4 Å². The highest BCUT2D eigenvalue weighted by molar-refractivity contribution is 5.80. The van der Waals surface area contributed by atoms with Gasteiger partial charge in [0, 0.05) is 29.5 Å². The van der Waals surface area contributed by atoms with Gasteiger partial charge in [-0.15, -0.1) is 0 Å². The Morgan fingerprint density at radius 2 is 1.92 bits per heavy atom. The molecule has 184 valence electrons. The van der Waals surface area contributed by atoms with Gasteiger partial charge in [0.15, 0.2) is 5.65 Å². The first kappa shape index (κ1) is 22.3. The third-order valence-corrected chi connectivity index (χ3v) is 6.39. The average molecular weight is 495 g/mol.